The van der Waals surface area contributed by atoms with Gasteiger partial charge in [0, 0.05) is 0 Å². The first-order chi connectivity index (χ1) is 19.3. The Labute approximate surface area is 236 Å². The minimum Gasteiger partial charge on any atom is -0.394 e. The van der Waals surface area contributed by atoms with Crippen LogP contribution in [0.1, 0.15) is 51.9 Å². The molecular weight excluding hydrogens is 512 g/mol. The Balaban J connectivity index is 3.08. The van der Waals surface area contributed by atoms with Crippen molar-refractivity contribution in [3.63, 3.8) is 0 Å². The zero-order chi connectivity index (χ0) is 28.3. The molecular formula is C28H58O11. The lowest BCUT2D eigenvalue weighted by molar-refractivity contribution is -0.0286. The molecule has 39 heavy (non-hydrogen) atoms. The van der Waals surface area contributed by atoms with Crippen LogP contribution in [0.2, 0.25) is 0 Å². The molecule has 0 fully saturated rings. The first-order valence-corrected chi connectivity index (χ1v) is 14.8. The summed E-state index contributed by atoms with van der Waals surface area (Å²) in [6.45, 7) is 11.0. The van der Waals surface area contributed by atoms with Crippen molar-refractivity contribution in [2.45, 2.75) is 58.0 Å². The molecule has 0 aromatic rings. The minimum absolute atomic E-state index is 0.0277. The summed E-state index contributed by atoms with van der Waals surface area (Å²) in [4.78, 5) is 0. The van der Waals surface area contributed by atoms with E-state index in [-0.39, 0.29) is 12.7 Å². The summed E-state index contributed by atoms with van der Waals surface area (Å²) >= 11 is 0. The van der Waals surface area contributed by atoms with E-state index in [1.54, 1.807) is 0 Å². The third kappa shape index (κ3) is 35.5. The smallest absolute Gasteiger partial charge is 0.0773 e. The highest BCUT2D eigenvalue weighted by Gasteiger charge is 2.04. The van der Waals surface area contributed by atoms with E-state index in [0.29, 0.717) is 119 Å². The zero-order valence-electron chi connectivity index (χ0n) is 24.5. The van der Waals surface area contributed by atoms with E-state index < -0.39 is 0 Å². The molecule has 11 heteroatoms. The highest BCUT2D eigenvalue weighted by Crippen LogP contribution is 2.08. The zero-order valence-corrected chi connectivity index (χ0v) is 24.5. The summed E-state index contributed by atoms with van der Waals surface area (Å²) in [5.74, 6) is 0. The van der Waals surface area contributed by atoms with Gasteiger partial charge in [-0.05, 0) is 6.42 Å². The lowest BCUT2D eigenvalue weighted by Crippen LogP contribution is -2.18. The summed E-state index contributed by atoms with van der Waals surface area (Å²) in [5, 5.41) is 18.5. The van der Waals surface area contributed by atoms with E-state index in [1.807, 2.05) is 0 Å². The molecule has 0 aliphatic heterocycles. The van der Waals surface area contributed by atoms with Gasteiger partial charge in [-0.3, -0.25) is 0 Å². The molecule has 0 aromatic carbocycles. The minimum atomic E-state index is -0.379. The number of aliphatic hydroxyl groups is 2. The van der Waals surface area contributed by atoms with E-state index in [9.17, 15) is 5.11 Å². The molecule has 11 nitrogen and oxygen atoms in total. The molecule has 0 radical (unpaired) electrons. The summed E-state index contributed by atoms with van der Waals surface area (Å²) < 4.78 is 48.5. The number of unbranched alkanes of at least 4 members (excludes halogenated alkanes) is 5. The van der Waals surface area contributed by atoms with Gasteiger partial charge < -0.3 is 52.8 Å². The van der Waals surface area contributed by atoms with Gasteiger partial charge in [0.05, 0.1) is 132 Å². The Morgan fingerprint density at radius 2 is 0.718 bits per heavy atom. The molecule has 0 aliphatic rings. The van der Waals surface area contributed by atoms with Crippen LogP contribution in [0.25, 0.3) is 0 Å². The summed E-state index contributed by atoms with van der Waals surface area (Å²) in [6, 6.07) is 0. The van der Waals surface area contributed by atoms with Crippen molar-refractivity contribution in [2.24, 2.45) is 0 Å². The lowest BCUT2D eigenvalue weighted by atomic mass is 10.1. The van der Waals surface area contributed by atoms with Crippen molar-refractivity contribution < 1.29 is 52.8 Å². The van der Waals surface area contributed by atoms with E-state index in [2.05, 4.69) is 6.92 Å². The summed E-state index contributed by atoms with van der Waals surface area (Å²) in [6.07, 6.45) is 7.81. The van der Waals surface area contributed by atoms with Crippen LogP contribution in [0.5, 0.6) is 0 Å². The average molecular weight is 571 g/mol. The van der Waals surface area contributed by atoms with Gasteiger partial charge >= 0.3 is 0 Å². The van der Waals surface area contributed by atoms with Crippen LogP contribution >= 0.6 is 0 Å². The number of aliphatic hydroxyl groups excluding tert-OH is 2. The molecule has 1 unspecified atom stereocenters. The fourth-order valence-electron chi connectivity index (χ4n) is 3.29. The van der Waals surface area contributed by atoms with Gasteiger partial charge in [-0.2, -0.15) is 0 Å². The van der Waals surface area contributed by atoms with Crippen molar-refractivity contribution >= 4 is 0 Å². The predicted molar refractivity (Wildman–Crippen MR) is 148 cm³/mol. The first-order valence-electron chi connectivity index (χ1n) is 14.8. The number of rotatable bonds is 35. The van der Waals surface area contributed by atoms with Gasteiger partial charge in [-0.1, -0.05) is 45.4 Å². The molecule has 0 saturated carbocycles. The Hall–Kier alpha value is -0.440. The molecule has 1 atom stereocenters. The second-order valence-electron chi connectivity index (χ2n) is 8.91. The third-order valence-electron chi connectivity index (χ3n) is 5.41. The van der Waals surface area contributed by atoms with Crippen LogP contribution in [-0.4, -0.2) is 142 Å². The Morgan fingerprint density at radius 3 is 1.08 bits per heavy atom. The maximum absolute atomic E-state index is 9.92. The standard InChI is InChI=1S/C28H58O11/c1-2-3-4-5-6-7-8-28(30)27-39-26-25-38-24-23-37-22-21-36-20-19-35-18-17-34-16-15-33-14-13-32-12-11-31-10-9-29/h28-30H,2-27H2,1H3. The number of hydrogen-bond acceptors (Lipinski definition) is 11. The molecule has 0 aliphatic carbocycles. The predicted octanol–water partition coefficient (Wildman–Crippen LogP) is 2.24. The monoisotopic (exact) mass is 570 g/mol. The highest BCUT2D eigenvalue weighted by atomic mass is 16.6. The maximum atomic E-state index is 9.92. The SMILES string of the molecule is CCCCCCCCC(O)COCCOCCOCCOCCOCCOCCOCCOCCOCCO. The molecule has 0 amide bonds. The van der Waals surface area contributed by atoms with Crippen molar-refractivity contribution in [2.75, 3.05) is 126 Å². The van der Waals surface area contributed by atoms with Gasteiger partial charge in [0.2, 0.25) is 0 Å². The molecule has 0 bridgehead atoms. The van der Waals surface area contributed by atoms with E-state index in [0.717, 1.165) is 12.8 Å². The van der Waals surface area contributed by atoms with Crippen molar-refractivity contribution in [1.29, 1.82) is 0 Å². The third-order valence-corrected chi connectivity index (χ3v) is 5.41. The van der Waals surface area contributed by atoms with Crippen LogP contribution in [0.4, 0.5) is 0 Å². The number of ether oxygens (including phenoxy) is 9. The molecule has 0 spiro atoms. The highest BCUT2D eigenvalue weighted by molar-refractivity contribution is 4.55. The van der Waals surface area contributed by atoms with E-state index in [4.69, 9.17) is 47.7 Å². The van der Waals surface area contributed by atoms with Gasteiger partial charge in [-0.15, -0.1) is 0 Å². The second kappa shape index (κ2) is 35.6. The fraction of sp³-hybridized carbons (Fsp3) is 1.00. The van der Waals surface area contributed by atoms with Crippen molar-refractivity contribution in [1.82, 2.24) is 0 Å². The average Bonchev–Trinajstić information content (AvgIpc) is 2.94. The fourth-order valence-corrected chi connectivity index (χ4v) is 3.29. The van der Waals surface area contributed by atoms with Gasteiger partial charge in [0.25, 0.3) is 0 Å². The van der Waals surface area contributed by atoms with Gasteiger partial charge in [0.15, 0.2) is 0 Å². The van der Waals surface area contributed by atoms with Gasteiger partial charge in [-0.25, -0.2) is 0 Å². The Bertz CT molecular complexity index is 432. The van der Waals surface area contributed by atoms with Crippen LogP contribution in [0, 0.1) is 0 Å². The van der Waals surface area contributed by atoms with Crippen LogP contribution in [0.15, 0.2) is 0 Å². The van der Waals surface area contributed by atoms with E-state index >= 15 is 0 Å². The van der Waals surface area contributed by atoms with Crippen LogP contribution in [0.3, 0.4) is 0 Å². The summed E-state index contributed by atoms with van der Waals surface area (Å²) in [7, 11) is 0. The van der Waals surface area contributed by atoms with Crippen molar-refractivity contribution in [3.8, 4) is 0 Å². The molecule has 236 valence electrons. The maximum Gasteiger partial charge on any atom is 0.0773 e. The lowest BCUT2D eigenvalue weighted by Gasteiger charge is -2.11. The molecule has 0 saturated heterocycles. The Morgan fingerprint density at radius 1 is 0.410 bits per heavy atom. The normalized spacial score (nSPS) is 12.4. The Kier molecular flexibility index (Phi) is 35.2. The van der Waals surface area contributed by atoms with Crippen molar-refractivity contribution in [3.05, 3.63) is 0 Å². The van der Waals surface area contributed by atoms with E-state index in [1.165, 1.54) is 32.1 Å². The molecule has 0 aromatic heterocycles. The van der Waals surface area contributed by atoms with Crippen LogP contribution < -0.4 is 0 Å². The largest absolute Gasteiger partial charge is 0.394 e. The van der Waals surface area contributed by atoms with Gasteiger partial charge in [0.1, 0.15) is 0 Å². The molecule has 0 heterocycles. The molecule has 0 rings (SSSR count). The number of hydrogen-bond donors (Lipinski definition) is 2. The topological polar surface area (TPSA) is 124 Å². The summed E-state index contributed by atoms with van der Waals surface area (Å²) in [5.41, 5.74) is 0. The quantitative estimate of drug-likeness (QED) is 0.109. The van der Waals surface area contributed by atoms with Crippen LogP contribution in [-0.2, 0) is 42.6 Å². The first kappa shape index (κ1) is 38.6. The second-order valence-corrected chi connectivity index (χ2v) is 8.91. The molecule has 2 N–H and O–H groups in total.